The second kappa shape index (κ2) is 7.63. The van der Waals surface area contributed by atoms with Gasteiger partial charge in [0.05, 0.1) is 12.0 Å². The summed E-state index contributed by atoms with van der Waals surface area (Å²) in [6.45, 7) is 2.77. The molecule has 0 saturated carbocycles. The quantitative estimate of drug-likeness (QED) is 0.530. The summed E-state index contributed by atoms with van der Waals surface area (Å²) in [4.78, 5) is 11.5. The van der Waals surface area contributed by atoms with Gasteiger partial charge in [0, 0.05) is 28.3 Å². The van der Waals surface area contributed by atoms with Crippen LogP contribution in [0.1, 0.15) is 24.4 Å². The summed E-state index contributed by atoms with van der Waals surface area (Å²) in [6.07, 6.45) is 0. The van der Waals surface area contributed by atoms with E-state index in [-0.39, 0.29) is 11.7 Å². The zero-order chi connectivity index (χ0) is 18.7. The Morgan fingerprint density at radius 2 is 1.96 bits per heavy atom. The van der Waals surface area contributed by atoms with Crippen LogP contribution in [0.25, 0.3) is 11.5 Å². The van der Waals surface area contributed by atoms with E-state index in [2.05, 4.69) is 10.2 Å². The number of rotatable bonds is 6. The number of nitrogens with zero attached hydrogens (tertiary/aromatic N) is 3. The number of aromatic nitrogens is 2. The van der Waals surface area contributed by atoms with Crippen molar-refractivity contribution < 1.29 is 14.2 Å². The lowest BCUT2D eigenvalue weighted by molar-refractivity contribution is -0.925. The second-order valence-electron chi connectivity index (χ2n) is 6.12. The van der Waals surface area contributed by atoms with Gasteiger partial charge in [-0.05, 0) is 31.2 Å². The maximum atomic E-state index is 10.7. The third-order valence-electron chi connectivity index (χ3n) is 4.25. The summed E-state index contributed by atoms with van der Waals surface area (Å²) >= 11 is 6.03. The van der Waals surface area contributed by atoms with Gasteiger partial charge in [-0.15, -0.1) is 10.2 Å². The van der Waals surface area contributed by atoms with Gasteiger partial charge in [-0.3, -0.25) is 10.1 Å². The fraction of sp³-hybridized carbons (Fsp3) is 0.222. The van der Waals surface area contributed by atoms with Gasteiger partial charge in [0.25, 0.3) is 11.6 Å². The van der Waals surface area contributed by atoms with Crippen molar-refractivity contribution in [3.63, 3.8) is 0 Å². The summed E-state index contributed by atoms with van der Waals surface area (Å²) < 4.78 is 5.78. The van der Waals surface area contributed by atoms with Crippen molar-refractivity contribution in [1.82, 2.24) is 10.2 Å². The summed E-state index contributed by atoms with van der Waals surface area (Å²) in [6, 6.07) is 13.7. The number of non-ortho nitro benzene ring substituents is 1. The molecule has 1 unspecified atom stereocenters. The van der Waals surface area contributed by atoms with Crippen molar-refractivity contribution in [2.75, 3.05) is 7.05 Å². The molecular formula is C18H18ClN4O3+. The Labute approximate surface area is 155 Å². The van der Waals surface area contributed by atoms with E-state index < -0.39 is 4.92 Å². The van der Waals surface area contributed by atoms with Crippen LogP contribution in [0.3, 0.4) is 0 Å². The van der Waals surface area contributed by atoms with Gasteiger partial charge in [-0.25, -0.2) is 0 Å². The molecule has 1 heterocycles. The van der Waals surface area contributed by atoms with Gasteiger partial charge in [0.2, 0.25) is 5.89 Å². The first-order chi connectivity index (χ1) is 12.4. The average molecular weight is 374 g/mol. The van der Waals surface area contributed by atoms with Crippen LogP contribution in [0.2, 0.25) is 5.02 Å². The monoisotopic (exact) mass is 373 g/mol. The molecule has 8 heteroatoms. The average Bonchev–Trinajstić information content (AvgIpc) is 3.11. The summed E-state index contributed by atoms with van der Waals surface area (Å²) in [5.74, 6) is 0.857. The van der Waals surface area contributed by atoms with Crippen LogP contribution >= 0.6 is 11.6 Å². The predicted octanol–water partition coefficient (Wildman–Crippen LogP) is 3.07. The number of nitro groups is 1. The highest BCUT2D eigenvalue weighted by atomic mass is 35.5. The number of hydrogen-bond donors (Lipinski definition) is 1. The molecule has 0 fully saturated rings. The van der Waals surface area contributed by atoms with Gasteiger partial charge < -0.3 is 9.32 Å². The second-order valence-corrected chi connectivity index (χ2v) is 6.56. The number of benzene rings is 2. The van der Waals surface area contributed by atoms with Gasteiger partial charge in [0.1, 0.15) is 6.54 Å². The molecular weight excluding hydrogens is 356 g/mol. The Balaban J connectivity index is 1.72. The normalized spacial score (nSPS) is 13.3. The highest BCUT2D eigenvalue weighted by Crippen LogP contribution is 2.22. The predicted molar refractivity (Wildman–Crippen MR) is 96.8 cm³/mol. The molecule has 134 valence electrons. The first kappa shape index (κ1) is 18.0. The highest BCUT2D eigenvalue weighted by molar-refractivity contribution is 6.30. The molecule has 0 bridgehead atoms. The largest absolute Gasteiger partial charge is 0.415 e. The molecule has 3 rings (SSSR count). The van der Waals surface area contributed by atoms with Crippen LogP contribution in [-0.2, 0) is 6.54 Å². The lowest BCUT2D eigenvalue weighted by atomic mass is 10.2. The Hall–Kier alpha value is -2.77. The van der Waals surface area contributed by atoms with E-state index in [0.29, 0.717) is 22.4 Å². The maximum Gasteiger partial charge on any atom is 0.274 e. The molecule has 2 aromatic carbocycles. The lowest BCUT2D eigenvalue weighted by Gasteiger charge is -2.18. The Bertz CT molecular complexity index is 911. The van der Waals surface area contributed by atoms with Crippen molar-refractivity contribution in [2.24, 2.45) is 0 Å². The molecule has 0 saturated heterocycles. The first-order valence-corrected chi connectivity index (χ1v) is 8.47. The van der Waals surface area contributed by atoms with Crippen molar-refractivity contribution in [3.8, 4) is 11.5 Å². The van der Waals surface area contributed by atoms with Crippen molar-refractivity contribution >= 4 is 17.3 Å². The van der Waals surface area contributed by atoms with E-state index in [4.69, 9.17) is 16.0 Å². The molecule has 3 aromatic rings. The molecule has 1 N–H and O–H groups in total. The number of nitro benzene ring substituents is 1. The van der Waals surface area contributed by atoms with E-state index in [1.54, 1.807) is 12.1 Å². The number of nitrogens with one attached hydrogen (secondary N) is 1. The molecule has 7 nitrogen and oxygen atoms in total. The molecule has 0 radical (unpaired) electrons. The SMILES string of the molecule is C[C@@H](c1nnc(-c2ccc([N+](=O)[O-])cc2)o1)[NH+](C)Cc1cccc(Cl)c1. The summed E-state index contributed by atoms with van der Waals surface area (Å²) in [5.41, 5.74) is 1.79. The Morgan fingerprint density at radius 1 is 1.23 bits per heavy atom. The van der Waals surface area contributed by atoms with Crippen LogP contribution in [0.15, 0.2) is 52.9 Å². The Morgan fingerprint density at radius 3 is 2.62 bits per heavy atom. The minimum absolute atomic E-state index is 0.0201. The van der Waals surface area contributed by atoms with E-state index in [1.165, 1.54) is 17.0 Å². The van der Waals surface area contributed by atoms with E-state index in [0.717, 1.165) is 12.1 Å². The summed E-state index contributed by atoms with van der Waals surface area (Å²) in [5, 5.41) is 19.6. The molecule has 2 atom stereocenters. The highest BCUT2D eigenvalue weighted by Gasteiger charge is 2.23. The topological polar surface area (TPSA) is 86.5 Å². The minimum atomic E-state index is -0.445. The maximum absolute atomic E-state index is 10.7. The van der Waals surface area contributed by atoms with E-state index in [9.17, 15) is 10.1 Å². The van der Waals surface area contributed by atoms with Crippen molar-refractivity contribution in [3.05, 3.63) is 75.1 Å². The van der Waals surface area contributed by atoms with Gasteiger partial charge in [0.15, 0.2) is 6.04 Å². The van der Waals surface area contributed by atoms with Crippen LogP contribution in [0.5, 0.6) is 0 Å². The molecule has 0 spiro atoms. The van der Waals surface area contributed by atoms with Crippen LogP contribution in [-0.4, -0.2) is 22.2 Å². The van der Waals surface area contributed by atoms with Gasteiger partial charge in [-0.2, -0.15) is 0 Å². The number of hydrogen-bond acceptors (Lipinski definition) is 5. The van der Waals surface area contributed by atoms with Crippen LogP contribution in [0.4, 0.5) is 5.69 Å². The van der Waals surface area contributed by atoms with Crippen molar-refractivity contribution in [2.45, 2.75) is 19.5 Å². The zero-order valence-corrected chi connectivity index (χ0v) is 15.1. The van der Waals surface area contributed by atoms with Gasteiger partial charge >= 0.3 is 0 Å². The smallest absolute Gasteiger partial charge is 0.274 e. The minimum Gasteiger partial charge on any atom is -0.415 e. The molecule has 0 amide bonds. The third kappa shape index (κ3) is 4.07. The fourth-order valence-electron chi connectivity index (χ4n) is 2.58. The van der Waals surface area contributed by atoms with Crippen LogP contribution in [0, 0.1) is 10.1 Å². The zero-order valence-electron chi connectivity index (χ0n) is 14.3. The standard InChI is InChI=1S/C18H17ClN4O3/c1-12(22(2)11-13-4-3-5-15(19)10-13)17-20-21-18(26-17)14-6-8-16(9-7-14)23(24)25/h3-10,12H,11H2,1-2H3/p+1/t12-/m0/s1. The Kier molecular flexibility index (Phi) is 5.29. The molecule has 0 aliphatic rings. The molecule has 1 aromatic heterocycles. The lowest BCUT2D eigenvalue weighted by Crippen LogP contribution is -3.07. The molecule has 0 aliphatic heterocycles. The number of halogens is 1. The van der Waals surface area contributed by atoms with E-state index in [1.807, 2.05) is 38.2 Å². The van der Waals surface area contributed by atoms with E-state index >= 15 is 0 Å². The summed E-state index contributed by atoms with van der Waals surface area (Å²) in [7, 11) is 2.04. The fourth-order valence-corrected chi connectivity index (χ4v) is 2.80. The van der Waals surface area contributed by atoms with Crippen LogP contribution < -0.4 is 4.90 Å². The number of quaternary nitrogens is 1. The molecule has 26 heavy (non-hydrogen) atoms. The third-order valence-corrected chi connectivity index (χ3v) is 4.48. The van der Waals surface area contributed by atoms with Crippen molar-refractivity contribution in [1.29, 1.82) is 0 Å². The molecule has 0 aliphatic carbocycles. The first-order valence-electron chi connectivity index (χ1n) is 8.09. The van der Waals surface area contributed by atoms with Gasteiger partial charge in [-0.1, -0.05) is 23.7 Å².